The molecule has 11 atom stereocenters. The summed E-state index contributed by atoms with van der Waals surface area (Å²) in [6, 6.07) is 0. The molecule has 0 amide bonds. The van der Waals surface area contributed by atoms with Gasteiger partial charge in [0.05, 0.1) is 26.4 Å². The summed E-state index contributed by atoms with van der Waals surface area (Å²) in [5.74, 6) is -0.426. The van der Waals surface area contributed by atoms with E-state index in [4.69, 9.17) is 28.4 Å². The first-order chi connectivity index (χ1) is 36.6. The van der Waals surface area contributed by atoms with Gasteiger partial charge in [0.1, 0.15) is 54.9 Å². The average Bonchev–Trinajstić information content (AvgIpc) is 3.41. The molecule has 2 heterocycles. The van der Waals surface area contributed by atoms with Crippen LogP contribution in [0.2, 0.25) is 0 Å². The van der Waals surface area contributed by atoms with E-state index in [1.807, 2.05) is 0 Å². The SMILES string of the molecule is CC/C=C\C/C=C\C/C=C\C/C=C\C/C=C\C/C=C\CCCCCOCC(COC1OC(COC2OC(CO)C(O)C(O)C2O)C(O)C(O)C1O)OC(=O)CCCCC/C=C\C/C=C\C/C=C\C/C=C\C/C=C\CC. The second-order valence-corrected chi connectivity index (χ2v) is 18.6. The zero-order valence-corrected chi connectivity index (χ0v) is 45.2. The molecule has 2 rings (SSSR count). The van der Waals surface area contributed by atoms with Crippen molar-refractivity contribution in [2.45, 2.75) is 210 Å². The Kier molecular flexibility index (Phi) is 41.5. The van der Waals surface area contributed by atoms with Crippen molar-refractivity contribution in [3.05, 3.63) is 134 Å². The first kappa shape index (κ1) is 67.2. The van der Waals surface area contributed by atoms with Crippen LogP contribution in [0, 0.1) is 0 Å². The number of carbonyl (C=O) groups excluding carboxylic acids is 1. The van der Waals surface area contributed by atoms with E-state index in [9.17, 15) is 40.5 Å². The standard InChI is InChI=1S/C61H96O14/c1-3-5-7-9-11-13-15-17-19-21-23-24-25-27-29-31-33-35-37-39-41-43-45-70-47-50(73-53(63)44-42-40-38-36-34-32-30-28-26-22-20-18-16-14-12-10-8-6-4-2)48-71-60-59(69)57(67)55(65)52(75-60)49-72-61-58(68)56(66)54(64)51(46-62)74-61/h5-8,11-14,17-20,23-24,26-29,32-35,50-52,54-62,64-69H,3-4,9-10,15-16,21-22,25,30-31,36-49H2,1-2H3/b7-5-,8-6-,13-11-,14-12-,19-17-,20-18-,24-23-,28-26-,29-27-,34-32-,35-33-. The number of allylic oxidation sites excluding steroid dienone is 22. The van der Waals surface area contributed by atoms with Crippen LogP contribution in [0.4, 0.5) is 0 Å². The third-order valence-electron chi connectivity index (χ3n) is 12.2. The van der Waals surface area contributed by atoms with E-state index in [2.05, 4.69) is 148 Å². The van der Waals surface area contributed by atoms with Crippen LogP contribution in [0.3, 0.4) is 0 Å². The predicted octanol–water partition coefficient (Wildman–Crippen LogP) is 9.52. The Bertz CT molecular complexity index is 1740. The van der Waals surface area contributed by atoms with E-state index in [0.717, 1.165) is 116 Å². The Hall–Kier alpha value is -3.87. The zero-order chi connectivity index (χ0) is 54.4. The van der Waals surface area contributed by atoms with Crippen LogP contribution in [0.5, 0.6) is 0 Å². The van der Waals surface area contributed by atoms with Gasteiger partial charge in [0.25, 0.3) is 0 Å². The van der Waals surface area contributed by atoms with Gasteiger partial charge in [-0.15, -0.1) is 0 Å². The highest BCUT2D eigenvalue weighted by Crippen LogP contribution is 2.26. The van der Waals surface area contributed by atoms with Gasteiger partial charge >= 0.3 is 5.97 Å². The molecule has 0 aromatic heterocycles. The third-order valence-corrected chi connectivity index (χ3v) is 12.2. The molecule has 14 nitrogen and oxygen atoms in total. The Morgan fingerprint density at radius 2 is 0.827 bits per heavy atom. The highest BCUT2D eigenvalue weighted by Gasteiger charge is 2.47. The van der Waals surface area contributed by atoms with E-state index in [-0.39, 0.29) is 19.6 Å². The first-order valence-corrected chi connectivity index (χ1v) is 27.8. The molecule has 0 aromatic rings. The maximum atomic E-state index is 13.0. The zero-order valence-electron chi connectivity index (χ0n) is 45.2. The monoisotopic (exact) mass is 1050 g/mol. The summed E-state index contributed by atoms with van der Waals surface area (Å²) in [6.45, 7) is 3.29. The number of aliphatic hydroxyl groups excluding tert-OH is 7. The molecule has 2 saturated heterocycles. The lowest BCUT2D eigenvalue weighted by Gasteiger charge is -2.42. The van der Waals surface area contributed by atoms with Gasteiger partial charge < -0.3 is 64.2 Å². The second kappa shape index (κ2) is 46.2. The quantitative estimate of drug-likeness (QED) is 0.0172. The molecule has 0 aromatic carbocycles. The van der Waals surface area contributed by atoms with E-state index in [1.165, 1.54) is 0 Å². The fourth-order valence-corrected chi connectivity index (χ4v) is 7.72. The van der Waals surface area contributed by atoms with Gasteiger partial charge in [-0.05, 0) is 109 Å². The van der Waals surface area contributed by atoms with Gasteiger partial charge in [0, 0.05) is 13.0 Å². The number of hydrogen-bond acceptors (Lipinski definition) is 14. The number of ether oxygens (including phenoxy) is 6. The largest absolute Gasteiger partial charge is 0.457 e. The van der Waals surface area contributed by atoms with Gasteiger partial charge in [-0.2, -0.15) is 0 Å². The van der Waals surface area contributed by atoms with Gasteiger partial charge in [-0.1, -0.05) is 160 Å². The van der Waals surface area contributed by atoms with Gasteiger partial charge in [0.2, 0.25) is 0 Å². The lowest BCUT2D eigenvalue weighted by Crippen LogP contribution is -2.61. The smallest absolute Gasteiger partial charge is 0.306 e. The van der Waals surface area contributed by atoms with Gasteiger partial charge in [0.15, 0.2) is 12.6 Å². The van der Waals surface area contributed by atoms with Crippen molar-refractivity contribution in [2.75, 3.05) is 33.0 Å². The van der Waals surface area contributed by atoms with Crippen molar-refractivity contribution in [1.82, 2.24) is 0 Å². The van der Waals surface area contributed by atoms with E-state index < -0.39 is 86.7 Å². The summed E-state index contributed by atoms with van der Waals surface area (Å²) in [7, 11) is 0. The fourth-order valence-electron chi connectivity index (χ4n) is 7.72. The van der Waals surface area contributed by atoms with E-state index in [0.29, 0.717) is 13.0 Å². The maximum Gasteiger partial charge on any atom is 0.306 e. The van der Waals surface area contributed by atoms with Crippen LogP contribution in [0.1, 0.15) is 142 Å². The van der Waals surface area contributed by atoms with Gasteiger partial charge in [-0.25, -0.2) is 0 Å². The van der Waals surface area contributed by atoms with Crippen molar-refractivity contribution >= 4 is 5.97 Å². The summed E-state index contributed by atoms with van der Waals surface area (Å²) >= 11 is 0. The highest BCUT2D eigenvalue weighted by molar-refractivity contribution is 5.69. The Balaban J connectivity index is 1.78. The minimum Gasteiger partial charge on any atom is -0.457 e. The molecule has 0 aliphatic carbocycles. The summed E-state index contributed by atoms with van der Waals surface area (Å²) in [4.78, 5) is 13.0. The molecule has 0 radical (unpaired) electrons. The van der Waals surface area contributed by atoms with Crippen LogP contribution in [0.25, 0.3) is 0 Å². The van der Waals surface area contributed by atoms with E-state index in [1.54, 1.807) is 0 Å². The molecular formula is C61H96O14. The summed E-state index contributed by atoms with van der Waals surface area (Å²) < 4.78 is 34.3. The number of esters is 1. The average molecular weight is 1050 g/mol. The normalized spacial score (nSPS) is 25.7. The topological polar surface area (TPSA) is 214 Å². The van der Waals surface area contributed by atoms with Crippen LogP contribution in [-0.4, -0.2) is 142 Å². The lowest BCUT2D eigenvalue weighted by molar-refractivity contribution is -0.332. The molecule has 14 heteroatoms. The first-order valence-electron chi connectivity index (χ1n) is 27.8. The number of rotatable bonds is 42. The minimum atomic E-state index is -1.73. The molecule has 2 aliphatic rings. The molecule has 0 spiro atoms. The molecule has 75 heavy (non-hydrogen) atoms. The third kappa shape index (κ3) is 33.1. The van der Waals surface area contributed by atoms with Crippen LogP contribution >= 0.6 is 0 Å². The molecule has 7 N–H and O–H groups in total. The molecule has 2 aliphatic heterocycles. The number of unbranched alkanes of at least 4 members (excludes halogenated alkanes) is 6. The Labute approximate surface area is 449 Å². The summed E-state index contributed by atoms with van der Waals surface area (Å²) in [5.41, 5.74) is 0. The lowest BCUT2D eigenvalue weighted by atomic mass is 9.98. The molecular weight excluding hydrogens is 957 g/mol. The van der Waals surface area contributed by atoms with Crippen molar-refractivity contribution in [3.63, 3.8) is 0 Å². The van der Waals surface area contributed by atoms with Crippen molar-refractivity contribution < 1.29 is 69.0 Å². The predicted molar refractivity (Wildman–Crippen MR) is 297 cm³/mol. The van der Waals surface area contributed by atoms with Crippen molar-refractivity contribution in [1.29, 1.82) is 0 Å². The summed E-state index contributed by atoms with van der Waals surface area (Å²) in [6.07, 6.45) is 49.4. The van der Waals surface area contributed by atoms with Crippen molar-refractivity contribution in [2.24, 2.45) is 0 Å². The second-order valence-electron chi connectivity index (χ2n) is 18.6. The van der Waals surface area contributed by atoms with Gasteiger partial charge in [-0.3, -0.25) is 4.79 Å². The molecule has 0 bridgehead atoms. The highest BCUT2D eigenvalue weighted by atomic mass is 16.7. The number of carbonyl (C=O) groups is 1. The van der Waals surface area contributed by atoms with Crippen molar-refractivity contribution in [3.8, 4) is 0 Å². The molecule has 11 unspecified atom stereocenters. The number of hydrogen-bond donors (Lipinski definition) is 7. The number of aliphatic hydroxyl groups is 7. The van der Waals surface area contributed by atoms with Crippen LogP contribution in [-0.2, 0) is 33.2 Å². The van der Waals surface area contributed by atoms with Crippen LogP contribution < -0.4 is 0 Å². The molecule has 2 fully saturated rings. The fraction of sp³-hybridized carbons (Fsp3) is 0.623. The minimum absolute atomic E-state index is 0.0145. The summed E-state index contributed by atoms with van der Waals surface area (Å²) in [5, 5.41) is 72.3. The maximum absolute atomic E-state index is 13.0. The van der Waals surface area contributed by atoms with E-state index >= 15 is 0 Å². The molecule has 0 saturated carbocycles. The molecule has 424 valence electrons. The Morgan fingerprint density at radius 3 is 1.27 bits per heavy atom. The Morgan fingerprint density at radius 1 is 0.440 bits per heavy atom. The van der Waals surface area contributed by atoms with Crippen LogP contribution in [0.15, 0.2) is 134 Å².